The average Bonchev–Trinajstić information content (AvgIpc) is 2.49. The van der Waals surface area contributed by atoms with Crippen molar-refractivity contribution in [1.82, 2.24) is 9.80 Å². The van der Waals surface area contributed by atoms with Gasteiger partial charge in [0.05, 0.1) is 0 Å². The van der Waals surface area contributed by atoms with Crippen LogP contribution in [0, 0.1) is 26.7 Å². The summed E-state index contributed by atoms with van der Waals surface area (Å²) < 4.78 is 0. The van der Waals surface area contributed by atoms with Gasteiger partial charge >= 0.3 is 6.03 Å². The van der Waals surface area contributed by atoms with Crippen molar-refractivity contribution in [1.29, 1.82) is 0 Å². The van der Waals surface area contributed by atoms with Gasteiger partial charge in [-0.15, -0.1) is 0 Å². The number of likely N-dealkylation sites (tertiary alicyclic amines) is 1. The largest absolute Gasteiger partial charge is 0.324 e. The molecule has 1 heterocycles. The topological polar surface area (TPSA) is 35.6 Å². The number of piperidine rings is 1. The molecular formula is C19H31N3O. The first-order valence-electron chi connectivity index (χ1n) is 8.67. The van der Waals surface area contributed by atoms with E-state index in [2.05, 4.69) is 57.0 Å². The monoisotopic (exact) mass is 317 g/mol. The van der Waals surface area contributed by atoms with Crippen LogP contribution in [0.5, 0.6) is 0 Å². The minimum absolute atomic E-state index is 0.00171. The molecule has 2 unspecified atom stereocenters. The Bertz CT molecular complexity index is 547. The third kappa shape index (κ3) is 4.05. The van der Waals surface area contributed by atoms with Crippen molar-refractivity contribution in [2.24, 2.45) is 5.92 Å². The van der Waals surface area contributed by atoms with Crippen molar-refractivity contribution in [2.75, 3.05) is 32.0 Å². The summed E-state index contributed by atoms with van der Waals surface area (Å²) in [7, 11) is 1.93. The molecule has 0 radical (unpaired) electrons. The van der Waals surface area contributed by atoms with Gasteiger partial charge in [0.1, 0.15) is 0 Å². The van der Waals surface area contributed by atoms with Gasteiger partial charge in [0.25, 0.3) is 0 Å². The zero-order valence-corrected chi connectivity index (χ0v) is 15.4. The highest BCUT2D eigenvalue weighted by atomic mass is 16.2. The van der Waals surface area contributed by atoms with E-state index in [4.69, 9.17) is 0 Å². The molecule has 4 nitrogen and oxygen atoms in total. The standard InChI is InChI=1S/C19H31N3O/c1-7-22-9-8-17(16(5)12-22)21(6)19(23)20-18-14(3)10-13(2)11-15(18)4/h10-11,16-17H,7-9,12H2,1-6H3,(H,20,23). The van der Waals surface area contributed by atoms with E-state index in [1.165, 1.54) is 5.56 Å². The maximum atomic E-state index is 12.7. The molecule has 1 aromatic carbocycles. The molecule has 1 aliphatic heterocycles. The number of carbonyl (C=O) groups is 1. The maximum absolute atomic E-state index is 12.7. The maximum Gasteiger partial charge on any atom is 0.321 e. The number of amides is 2. The second kappa shape index (κ2) is 7.35. The first kappa shape index (κ1) is 17.8. The molecule has 0 spiro atoms. The summed E-state index contributed by atoms with van der Waals surface area (Å²) in [4.78, 5) is 17.1. The van der Waals surface area contributed by atoms with E-state index < -0.39 is 0 Å². The molecule has 128 valence electrons. The Labute approximate surface area is 140 Å². The number of nitrogens with one attached hydrogen (secondary N) is 1. The van der Waals surface area contributed by atoms with Crippen LogP contribution in [0.15, 0.2) is 12.1 Å². The number of aryl methyl sites for hydroxylation is 3. The minimum atomic E-state index is 0.00171. The predicted molar refractivity (Wildman–Crippen MR) is 97.1 cm³/mol. The molecule has 23 heavy (non-hydrogen) atoms. The number of hydrogen-bond acceptors (Lipinski definition) is 2. The van der Waals surface area contributed by atoms with Crippen molar-refractivity contribution < 1.29 is 4.79 Å². The van der Waals surface area contributed by atoms with Crippen molar-refractivity contribution in [3.8, 4) is 0 Å². The lowest BCUT2D eigenvalue weighted by Gasteiger charge is -2.41. The first-order chi connectivity index (χ1) is 10.8. The average molecular weight is 317 g/mol. The third-order valence-electron chi connectivity index (χ3n) is 5.12. The summed E-state index contributed by atoms with van der Waals surface area (Å²) >= 11 is 0. The Morgan fingerprint density at radius 2 is 1.91 bits per heavy atom. The Balaban J connectivity index is 2.06. The normalized spacial score (nSPS) is 22.0. The zero-order chi connectivity index (χ0) is 17.1. The van der Waals surface area contributed by atoms with Crippen LogP contribution >= 0.6 is 0 Å². The van der Waals surface area contributed by atoms with Gasteiger partial charge in [-0.2, -0.15) is 0 Å². The van der Waals surface area contributed by atoms with Crippen molar-refractivity contribution >= 4 is 11.7 Å². The number of urea groups is 1. The summed E-state index contributed by atoms with van der Waals surface area (Å²) in [5, 5.41) is 3.12. The Morgan fingerprint density at radius 1 is 1.30 bits per heavy atom. The van der Waals surface area contributed by atoms with Crippen LogP contribution in [0.2, 0.25) is 0 Å². The van der Waals surface area contributed by atoms with Crippen LogP contribution in [0.25, 0.3) is 0 Å². The van der Waals surface area contributed by atoms with Crippen LogP contribution < -0.4 is 5.32 Å². The Morgan fingerprint density at radius 3 is 2.43 bits per heavy atom. The fourth-order valence-electron chi connectivity index (χ4n) is 3.81. The molecule has 0 aliphatic carbocycles. The van der Waals surface area contributed by atoms with Gasteiger partial charge in [-0.3, -0.25) is 0 Å². The molecule has 1 fully saturated rings. The molecule has 2 amide bonds. The van der Waals surface area contributed by atoms with Crippen molar-refractivity contribution in [3.63, 3.8) is 0 Å². The third-order valence-corrected chi connectivity index (χ3v) is 5.12. The molecule has 2 rings (SSSR count). The molecule has 2 atom stereocenters. The van der Waals surface area contributed by atoms with Gasteiger partial charge in [0.15, 0.2) is 0 Å². The highest BCUT2D eigenvalue weighted by Gasteiger charge is 2.30. The van der Waals surface area contributed by atoms with Gasteiger partial charge in [0, 0.05) is 31.9 Å². The summed E-state index contributed by atoms with van der Waals surface area (Å²) in [6, 6.07) is 4.54. The molecule has 0 saturated carbocycles. The summed E-state index contributed by atoms with van der Waals surface area (Å²) in [5.74, 6) is 0.500. The SMILES string of the molecule is CCN1CCC(N(C)C(=O)Nc2c(C)cc(C)cc2C)C(C)C1. The Kier molecular flexibility index (Phi) is 5.69. The van der Waals surface area contributed by atoms with Crippen LogP contribution in [-0.4, -0.2) is 48.6 Å². The van der Waals surface area contributed by atoms with Gasteiger partial charge in [-0.25, -0.2) is 4.79 Å². The molecule has 1 saturated heterocycles. The molecule has 1 N–H and O–H groups in total. The van der Waals surface area contributed by atoms with Crippen LogP contribution in [0.1, 0.15) is 37.0 Å². The first-order valence-corrected chi connectivity index (χ1v) is 8.67. The molecule has 0 aromatic heterocycles. The van der Waals surface area contributed by atoms with Crippen molar-refractivity contribution in [3.05, 3.63) is 28.8 Å². The highest BCUT2D eigenvalue weighted by molar-refractivity contribution is 5.91. The van der Waals surface area contributed by atoms with E-state index in [1.54, 1.807) is 0 Å². The van der Waals surface area contributed by atoms with Gasteiger partial charge in [-0.1, -0.05) is 31.5 Å². The van der Waals surface area contributed by atoms with Crippen molar-refractivity contribution in [2.45, 2.75) is 47.1 Å². The lowest BCUT2D eigenvalue weighted by Crippen LogP contribution is -2.51. The van der Waals surface area contributed by atoms with Crippen LogP contribution in [0.4, 0.5) is 10.5 Å². The second-order valence-corrected chi connectivity index (χ2v) is 7.04. The number of carbonyl (C=O) groups excluding carboxylic acids is 1. The smallest absolute Gasteiger partial charge is 0.321 e. The number of rotatable bonds is 3. The summed E-state index contributed by atoms with van der Waals surface area (Å²) in [6.45, 7) is 13.9. The van der Waals surface area contributed by atoms with Gasteiger partial charge in [0.2, 0.25) is 0 Å². The second-order valence-electron chi connectivity index (χ2n) is 7.04. The molecule has 4 heteroatoms. The van der Waals surface area contributed by atoms with E-state index >= 15 is 0 Å². The van der Waals surface area contributed by atoms with Crippen LogP contribution in [-0.2, 0) is 0 Å². The van der Waals surface area contributed by atoms with E-state index in [0.29, 0.717) is 12.0 Å². The number of hydrogen-bond donors (Lipinski definition) is 1. The minimum Gasteiger partial charge on any atom is -0.324 e. The molecule has 1 aromatic rings. The van der Waals surface area contributed by atoms with Gasteiger partial charge < -0.3 is 15.1 Å². The summed E-state index contributed by atoms with van der Waals surface area (Å²) in [6.07, 6.45) is 1.05. The van der Waals surface area contributed by atoms with E-state index in [1.807, 2.05) is 11.9 Å². The lowest BCUT2D eigenvalue weighted by molar-refractivity contribution is 0.101. The molecule has 1 aliphatic rings. The number of nitrogens with zero attached hydrogens (tertiary/aromatic N) is 2. The number of anilines is 1. The highest BCUT2D eigenvalue weighted by Crippen LogP contribution is 2.25. The Hall–Kier alpha value is -1.55. The molecular weight excluding hydrogens is 286 g/mol. The fraction of sp³-hybridized carbons (Fsp3) is 0.632. The predicted octanol–water partition coefficient (Wildman–Crippen LogP) is 3.81. The summed E-state index contributed by atoms with van der Waals surface area (Å²) in [5.41, 5.74) is 4.43. The fourth-order valence-corrected chi connectivity index (χ4v) is 3.81. The number of benzene rings is 1. The molecule has 0 bridgehead atoms. The van der Waals surface area contributed by atoms with E-state index in [-0.39, 0.29) is 6.03 Å². The van der Waals surface area contributed by atoms with E-state index in [9.17, 15) is 4.79 Å². The zero-order valence-electron chi connectivity index (χ0n) is 15.4. The van der Waals surface area contributed by atoms with Crippen LogP contribution in [0.3, 0.4) is 0 Å². The quantitative estimate of drug-likeness (QED) is 0.920. The van der Waals surface area contributed by atoms with Gasteiger partial charge in [-0.05, 0) is 50.8 Å². The lowest BCUT2D eigenvalue weighted by atomic mass is 9.93. The van der Waals surface area contributed by atoms with E-state index in [0.717, 1.165) is 42.9 Å².